The van der Waals surface area contributed by atoms with Crippen molar-refractivity contribution in [1.29, 1.82) is 0 Å². The number of rotatable bonds is 4. The van der Waals surface area contributed by atoms with Gasteiger partial charge in [-0.2, -0.15) is 0 Å². The first-order chi connectivity index (χ1) is 8.70. The summed E-state index contributed by atoms with van der Waals surface area (Å²) in [7, 11) is 1.87. The minimum Gasteiger partial charge on any atom is -0.314 e. The fourth-order valence-electron chi connectivity index (χ4n) is 1.66. The van der Waals surface area contributed by atoms with E-state index >= 15 is 0 Å². The largest absolute Gasteiger partial charge is 0.314 e. The topological polar surface area (TPSA) is 68.1 Å². The summed E-state index contributed by atoms with van der Waals surface area (Å²) in [5.41, 5.74) is 2.93. The van der Waals surface area contributed by atoms with E-state index in [-0.39, 0.29) is 5.69 Å². The fraction of sp³-hybridized carbons (Fsp3) is 0.154. The number of benzene rings is 1. The Balaban J connectivity index is 2.23. The molecule has 0 saturated carbocycles. The SMILES string of the molecule is CNCc1ccc(-c2ccc([N+](=O)[O-])cc2)cn1. The van der Waals surface area contributed by atoms with Gasteiger partial charge >= 0.3 is 0 Å². The van der Waals surface area contributed by atoms with Gasteiger partial charge in [-0.3, -0.25) is 15.1 Å². The minimum absolute atomic E-state index is 0.0958. The van der Waals surface area contributed by atoms with Crippen molar-refractivity contribution in [1.82, 2.24) is 10.3 Å². The summed E-state index contributed by atoms with van der Waals surface area (Å²) in [5, 5.41) is 13.6. The second kappa shape index (κ2) is 5.37. The van der Waals surface area contributed by atoms with Crippen molar-refractivity contribution in [3.63, 3.8) is 0 Å². The molecule has 0 aliphatic heterocycles. The molecule has 0 fully saturated rings. The molecule has 5 nitrogen and oxygen atoms in total. The Morgan fingerprint density at radius 3 is 2.33 bits per heavy atom. The highest BCUT2D eigenvalue weighted by Gasteiger charge is 2.05. The van der Waals surface area contributed by atoms with Crippen molar-refractivity contribution >= 4 is 5.69 Å². The Hall–Kier alpha value is -2.27. The fourth-order valence-corrected chi connectivity index (χ4v) is 1.66. The first-order valence-electron chi connectivity index (χ1n) is 5.55. The Morgan fingerprint density at radius 1 is 1.17 bits per heavy atom. The molecule has 0 unspecified atom stereocenters. The van der Waals surface area contributed by atoms with Crippen LogP contribution < -0.4 is 5.32 Å². The maximum Gasteiger partial charge on any atom is 0.269 e. The number of nitrogens with zero attached hydrogens (tertiary/aromatic N) is 2. The Labute approximate surface area is 105 Å². The molecule has 1 aromatic carbocycles. The molecule has 0 amide bonds. The first kappa shape index (κ1) is 12.2. The van der Waals surface area contributed by atoms with E-state index in [1.807, 2.05) is 19.2 Å². The number of nitro groups is 1. The van der Waals surface area contributed by atoms with Gasteiger partial charge in [0, 0.05) is 30.4 Å². The molecular weight excluding hydrogens is 230 g/mol. The van der Waals surface area contributed by atoms with Gasteiger partial charge in [-0.15, -0.1) is 0 Å². The quantitative estimate of drug-likeness (QED) is 0.661. The molecule has 0 aliphatic rings. The molecule has 5 heteroatoms. The molecule has 92 valence electrons. The lowest BCUT2D eigenvalue weighted by molar-refractivity contribution is -0.384. The van der Waals surface area contributed by atoms with Crippen LogP contribution in [0, 0.1) is 10.1 Å². The van der Waals surface area contributed by atoms with E-state index in [4.69, 9.17) is 0 Å². The highest BCUT2D eigenvalue weighted by atomic mass is 16.6. The second-order valence-electron chi connectivity index (χ2n) is 3.87. The molecule has 0 atom stereocenters. The van der Waals surface area contributed by atoms with E-state index in [9.17, 15) is 10.1 Å². The molecule has 0 spiro atoms. The zero-order valence-corrected chi connectivity index (χ0v) is 9.96. The minimum atomic E-state index is -0.405. The molecule has 0 bridgehead atoms. The summed E-state index contributed by atoms with van der Waals surface area (Å²) in [6.45, 7) is 0.723. The zero-order valence-electron chi connectivity index (χ0n) is 9.96. The number of hydrogen-bond donors (Lipinski definition) is 1. The van der Waals surface area contributed by atoms with Gasteiger partial charge in [0.1, 0.15) is 0 Å². The third kappa shape index (κ3) is 2.70. The van der Waals surface area contributed by atoms with E-state index in [0.717, 1.165) is 23.4 Å². The van der Waals surface area contributed by atoms with Crippen LogP contribution in [-0.4, -0.2) is 17.0 Å². The molecule has 2 aromatic rings. The predicted molar refractivity (Wildman–Crippen MR) is 69.1 cm³/mol. The maximum atomic E-state index is 10.6. The van der Waals surface area contributed by atoms with Crippen LogP contribution in [0.15, 0.2) is 42.6 Å². The van der Waals surface area contributed by atoms with Gasteiger partial charge < -0.3 is 5.32 Å². The van der Waals surface area contributed by atoms with Crippen molar-refractivity contribution < 1.29 is 4.92 Å². The van der Waals surface area contributed by atoms with Crippen LogP contribution in [0.25, 0.3) is 11.1 Å². The van der Waals surface area contributed by atoms with Crippen LogP contribution in [0.1, 0.15) is 5.69 Å². The molecule has 0 saturated heterocycles. The molecule has 1 N–H and O–H groups in total. The number of non-ortho nitro benzene ring substituents is 1. The second-order valence-corrected chi connectivity index (χ2v) is 3.87. The van der Waals surface area contributed by atoms with Crippen LogP contribution in [-0.2, 0) is 6.54 Å². The first-order valence-corrected chi connectivity index (χ1v) is 5.55. The normalized spacial score (nSPS) is 10.3. The summed E-state index contributed by atoms with van der Waals surface area (Å²) >= 11 is 0. The average molecular weight is 243 g/mol. The van der Waals surface area contributed by atoms with Gasteiger partial charge in [-0.05, 0) is 30.8 Å². The van der Waals surface area contributed by atoms with Crippen LogP contribution in [0.2, 0.25) is 0 Å². The Morgan fingerprint density at radius 2 is 1.83 bits per heavy atom. The van der Waals surface area contributed by atoms with Gasteiger partial charge in [0.25, 0.3) is 5.69 Å². The van der Waals surface area contributed by atoms with Crippen LogP contribution in [0.4, 0.5) is 5.69 Å². The lowest BCUT2D eigenvalue weighted by Gasteiger charge is -2.03. The summed E-state index contributed by atoms with van der Waals surface area (Å²) in [5.74, 6) is 0. The molecule has 18 heavy (non-hydrogen) atoms. The average Bonchev–Trinajstić information content (AvgIpc) is 2.40. The van der Waals surface area contributed by atoms with Crippen LogP contribution in [0.5, 0.6) is 0 Å². The number of pyridine rings is 1. The number of hydrogen-bond acceptors (Lipinski definition) is 4. The summed E-state index contributed by atoms with van der Waals surface area (Å²) in [4.78, 5) is 14.5. The lowest BCUT2D eigenvalue weighted by atomic mass is 10.1. The van der Waals surface area contributed by atoms with Gasteiger partial charge in [-0.1, -0.05) is 6.07 Å². The van der Waals surface area contributed by atoms with E-state index < -0.39 is 4.92 Å². The molecule has 1 aromatic heterocycles. The van der Waals surface area contributed by atoms with E-state index in [1.54, 1.807) is 18.3 Å². The van der Waals surface area contributed by atoms with Gasteiger partial charge in [0.15, 0.2) is 0 Å². The third-order valence-electron chi connectivity index (χ3n) is 2.59. The van der Waals surface area contributed by atoms with Crippen molar-refractivity contribution in [2.75, 3.05) is 7.05 Å². The lowest BCUT2D eigenvalue weighted by Crippen LogP contribution is -2.06. The number of nitrogens with one attached hydrogen (secondary N) is 1. The van der Waals surface area contributed by atoms with Crippen molar-refractivity contribution in [3.05, 3.63) is 58.4 Å². The Bertz CT molecular complexity index is 535. The molecule has 1 heterocycles. The summed E-state index contributed by atoms with van der Waals surface area (Å²) in [6.07, 6.45) is 1.77. The summed E-state index contributed by atoms with van der Waals surface area (Å²) in [6, 6.07) is 10.3. The van der Waals surface area contributed by atoms with Crippen LogP contribution in [0.3, 0.4) is 0 Å². The molecule has 0 aliphatic carbocycles. The molecule has 2 rings (SSSR count). The van der Waals surface area contributed by atoms with Gasteiger partial charge in [-0.25, -0.2) is 0 Å². The van der Waals surface area contributed by atoms with Crippen molar-refractivity contribution in [2.24, 2.45) is 0 Å². The van der Waals surface area contributed by atoms with E-state index in [0.29, 0.717) is 0 Å². The van der Waals surface area contributed by atoms with Gasteiger partial charge in [0.2, 0.25) is 0 Å². The highest BCUT2D eigenvalue weighted by Crippen LogP contribution is 2.21. The Kier molecular flexibility index (Phi) is 3.64. The van der Waals surface area contributed by atoms with E-state index in [2.05, 4.69) is 10.3 Å². The highest BCUT2D eigenvalue weighted by molar-refractivity contribution is 5.63. The third-order valence-corrected chi connectivity index (χ3v) is 2.59. The van der Waals surface area contributed by atoms with Crippen molar-refractivity contribution in [3.8, 4) is 11.1 Å². The van der Waals surface area contributed by atoms with Crippen molar-refractivity contribution in [2.45, 2.75) is 6.54 Å². The predicted octanol–water partition coefficient (Wildman–Crippen LogP) is 2.38. The number of nitro benzene ring substituents is 1. The smallest absolute Gasteiger partial charge is 0.269 e. The molecule has 0 radical (unpaired) electrons. The van der Waals surface area contributed by atoms with Crippen LogP contribution >= 0.6 is 0 Å². The maximum absolute atomic E-state index is 10.6. The van der Waals surface area contributed by atoms with E-state index in [1.165, 1.54) is 12.1 Å². The summed E-state index contributed by atoms with van der Waals surface area (Å²) < 4.78 is 0. The number of aromatic nitrogens is 1. The van der Waals surface area contributed by atoms with Gasteiger partial charge in [0.05, 0.1) is 10.6 Å². The standard InChI is InChI=1S/C13H13N3O2/c1-14-9-12-5-2-11(8-15-12)10-3-6-13(7-4-10)16(17)18/h2-8,14H,9H2,1H3. The monoisotopic (exact) mass is 243 g/mol. The molecular formula is C13H13N3O2. The zero-order chi connectivity index (χ0) is 13.0.